The van der Waals surface area contributed by atoms with Gasteiger partial charge in [-0.2, -0.15) is 0 Å². The summed E-state index contributed by atoms with van der Waals surface area (Å²) >= 11 is 0. The first-order chi connectivity index (χ1) is 31.3. The normalized spacial score (nSPS) is 28.6. The Morgan fingerprint density at radius 1 is 0.538 bits per heavy atom. The molecule has 0 aromatic carbocycles. The third-order valence-corrected chi connectivity index (χ3v) is 13.6. The number of hydrogen-bond acceptors (Lipinski definition) is 16. The number of ether oxygens (including phenoxy) is 4. The molecule has 0 spiro atoms. The van der Waals surface area contributed by atoms with E-state index in [1.165, 1.54) is 122 Å². The predicted molar refractivity (Wildman–Crippen MR) is 245 cm³/mol. The maximum atomic E-state index is 13.4. The highest BCUT2D eigenvalue weighted by atomic mass is 31.2. The lowest BCUT2D eigenvalue weighted by molar-refractivity contribution is -0.338. The molecule has 1 aliphatic carbocycles. The summed E-state index contributed by atoms with van der Waals surface area (Å²) in [6, 6.07) is 0. The van der Waals surface area contributed by atoms with Crippen LogP contribution < -0.4 is 0 Å². The fraction of sp³-hybridized carbons (Fsp3) is 0.979. The van der Waals surface area contributed by atoms with Crippen molar-refractivity contribution in [3.63, 3.8) is 0 Å². The van der Waals surface area contributed by atoms with E-state index in [9.17, 15) is 55.1 Å². The Labute approximate surface area is 389 Å². The van der Waals surface area contributed by atoms with Crippen LogP contribution in [0.2, 0.25) is 0 Å². The van der Waals surface area contributed by atoms with Crippen molar-refractivity contribution in [2.24, 2.45) is 0 Å². The number of phosphoric acid groups is 1. The van der Waals surface area contributed by atoms with Crippen LogP contribution in [0, 0.1) is 0 Å². The van der Waals surface area contributed by atoms with Crippen molar-refractivity contribution in [3.8, 4) is 0 Å². The molecule has 386 valence electrons. The number of rotatable bonds is 40. The number of carbonyl (C=O) groups is 1. The molecule has 0 aromatic heterocycles. The van der Waals surface area contributed by atoms with E-state index in [-0.39, 0.29) is 19.6 Å². The summed E-state index contributed by atoms with van der Waals surface area (Å²) in [5.41, 5.74) is 0. The minimum Gasteiger partial charge on any atom is -0.463 e. The zero-order valence-corrected chi connectivity index (χ0v) is 40.7. The van der Waals surface area contributed by atoms with E-state index in [0.717, 1.165) is 38.5 Å². The summed E-state index contributed by atoms with van der Waals surface area (Å²) in [6.45, 7) is 3.00. The van der Waals surface area contributed by atoms with Gasteiger partial charge in [0.25, 0.3) is 0 Å². The second-order valence-electron chi connectivity index (χ2n) is 18.4. The number of aliphatic hydroxyl groups is 8. The third kappa shape index (κ3) is 25.0. The van der Waals surface area contributed by atoms with Crippen LogP contribution in [0.5, 0.6) is 0 Å². The monoisotopic (exact) mass is 959 g/mol. The number of unbranched alkanes of at least 4 members (excludes halogenated alkanes) is 25. The van der Waals surface area contributed by atoms with E-state index in [2.05, 4.69) is 13.8 Å². The van der Waals surface area contributed by atoms with E-state index < -0.39 is 100 Å². The van der Waals surface area contributed by atoms with Crippen LogP contribution in [0.15, 0.2) is 0 Å². The standard InChI is InChI=1S/C47H91O17P/c1-3-5-7-9-11-13-15-17-19-21-23-25-27-29-31-59-35(33-60-37(49)30-28-26-24-22-20-18-16-14-12-10-8-6-4-2)34-61-65(57,58)64-46-43(55)41(53)40(52)42(54)45(46)63-47-44(56)39(51)38(50)36(32-48)62-47/h35-36,38-48,50-56H,3-34H2,1-2H3,(H,57,58)/t35-,36?,38-,39?,40+,41?,42+,43?,44-,45?,46-,47-/m1/s1. The summed E-state index contributed by atoms with van der Waals surface area (Å²) in [7, 11) is -5.23. The lowest BCUT2D eigenvalue weighted by atomic mass is 9.84. The Morgan fingerprint density at radius 2 is 0.954 bits per heavy atom. The first-order valence-electron chi connectivity index (χ1n) is 25.4. The molecule has 1 aliphatic heterocycles. The number of esters is 1. The number of hydrogen-bond donors (Lipinski definition) is 9. The van der Waals surface area contributed by atoms with Gasteiger partial charge in [0.05, 0.1) is 13.2 Å². The second-order valence-corrected chi connectivity index (χ2v) is 19.8. The van der Waals surface area contributed by atoms with Gasteiger partial charge in [-0.25, -0.2) is 4.57 Å². The molecule has 6 unspecified atom stereocenters. The van der Waals surface area contributed by atoms with Gasteiger partial charge in [-0.3, -0.25) is 13.8 Å². The molecule has 9 N–H and O–H groups in total. The van der Waals surface area contributed by atoms with Crippen LogP contribution >= 0.6 is 7.82 Å². The van der Waals surface area contributed by atoms with Gasteiger partial charge in [0.15, 0.2) is 6.29 Å². The molecule has 1 heterocycles. The van der Waals surface area contributed by atoms with E-state index in [1.54, 1.807) is 0 Å². The van der Waals surface area contributed by atoms with Crippen molar-refractivity contribution in [3.05, 3.63) is 0 Å². The van der Waals surface area contributed by atoms with Crippen LogP contribution in [-0.2, 0) is 37.4 Å². The van der Waals surface area contributed by atoms with Crippen molar-refractivity contribution in [2.75, 3.05) is 26.4 Å². The van der Waals surface area contributed by atoms with Gasteiger partial charge in [-0.15, -0.1) is 0 Å². The van der Waals surface area contributed by atoms with Gasteiger partial charge in [-0.05, 0) is 12.8 Å². The maximum Gasteiger partial charge on any atom is 0.472 e. The largest absolute Gasteiger partial charge is 0.472 e. The molecule has 1 saturated heterocycles. The van der Waals surface area contributed by atoms with Crippen molar-refractivity contribution in [1.29, 1.82) is 0 Å². The molecule has 65 heavy (non-hydrogen) atoms. The van der Waals surface area contributed by atoms with Crippen LogP contribution in [0.25, 0.3) is 0 Å². The molecule has 2 fully saturated rings. The number of carbonyl (C=O) groups excluding carboxylic acids is 1. The van der Waals surface area contributed by atoms with E-state index >= 15 is 0 Å². The molecule has 2 rings (SSSR count). The Morgan fingerprint density at radius 3 is 1.42 bits per heavy atom. The fourth-order valence-corrected chi connectivity index (χ4v) is 9.36. The molecule has 1 saturated carbocycles. The molecule has 0 amide bonds. The maximum absolute atomic E-state index is 13.4. The molecule has 0 aromatic rings. The number of aliphatic hydroxyl groups excluding tert-OH is 8. The minimum absolute atomic E-state index is 0.206. The molecule has 13 atom stereocenters. The Balaban J connectivity index is 1.91. The van der Waals surface area contributed by atoms with Crippen LogP contribution in [0.1, 0.15) is 194 Å². The summed E-state index contributed by atoms with van der Waals surface area (Å²) in [5.74, 6) is -0.443. The zero-order valence-electron chi connectivity index (χ0n) is 39.8. The van der Waals surface area contributed by atoms with Gasteiger partial charge >= 0.3 is 13.8 Å². The fourth-order valence-electron chi connectivity index (χ4n) is 8.39. The molecular weight excluding hydrogens is 867 g/mol. The quantitative estimate of drug-likeness (QED) is 0.0193. The SMILES string of the molecule is CCCCCCCCCCCCCCCCO[C@H](COC(=O)CCCCCCCCCCCCCCC)COP(=O)(O)O[C@@H]1C(O)C(O)[C@H](O)[C@H](O)C1O[C@H]1OC(CO)[C@@H](O)C(O)[C@H]1O. The summed E-state index contributed by atoms with van der Waals surface area (Å²) in [6.07, 6.45) is 9.46. The molecular formula is C47H91O17P. The molecule has 2 aliphatic rings. The molecule has 18 heteroatoms. The van der Waals surface area contributed by atoms with Crippen molar-refractivity contribution < 1.29 is 83.1 Å². The van der Waals surface area contributed by atoms with Crippen LogP contribution in [0.3, 0.4) is 0 Å². The van der Waals surface area contributed by atoms with Gasteiger partial charge in [0, 0.05) is 13.0 Å². The first-order valence-corrected chi connectivity index (χ1v) is 26.9. The highest BCUT2D eigenvalue weighted by Crippen LogP contribution is 2.48. The van der Waals surface area contributed by atoms with Crippen LogP contribution in [-0.4, -0.2) is 152 Å². The van der Waals surface area contributed by atoms with Gasteiger partial charge in [0.2, 0.25) is 0 Å². The van der Waals surface area contributed by atoms with Crippen molar-refractivity contribution >= 4 is 13.8 Å². The topological polar surface area (TPSA) is 272 Å². The minimum atomic E-state index is -5.23. The molecule has 17 nitrogen and oxygen atoms in total. The van der Waals surface area contributed by atoms with E-state index in [4.69, 9.17) is 28.0 Å². The van der Waals surface area contributed by atoms with Gasteiger partial charge in [0.1, 0.15) is 73.8 Å². The smallest absolute Gasteiger partial charge is 0.463 e. The van der Waals surface area contributed by atoms with E-state index in [1.807, 2.05) is 0 Å². The summed E-state index contributed by atoms with van der Waals surface area (Å²) in [4.78, 5) is 23.6. The molecule has 0 radical (unpaired) electrons. The average Bonchev–Trinajstić information content (AvgIpc) is 3.29. The average molecular weight is 959 g/mol. The third-order valence-electron chi connectivity index (χ3n) is 12.6. The Bertz CT molecular complexity index is 1220. The number of phosphoric ester groups is 1. The summed E-state index contributed by atoms with van der Waals surface area (Å²) < 4.78 is 46.2. The van der Waals surface area contributed by atoms with Crippen LogP contribution in [0.4, 0.5) is 0 Å². The molecule has 0 bridgehead atoms. The second kappa shape index (κ2) is 36.1. The van der Waals surface area contributed by atoms with E-state index in [0.29, 0.717) is 12.8 Å². The van der Waals surface area contributed by atoms with Gasteiger partial charge < -0.3 is 64.7 Å². The lowest BCUT2D eigenvalue weighted by Gasteiger charge is -2.47. The zero-order chi connectivity index (χ0) is 47.9. The Hall–Kier alpha value is -0.860. The lowest BCUT2D eigenvalue weighted by Crippen LogP contribution is -2.67. The van der Waals surface area contributed by atoms with Crippen molar-refractivity contribution in [2.45, 2.75) is 267 Å². The predicted octanol–water partition coefficient (Wildman–Crippen LogP) is 6.02. The van der Waals surface area contributed by atoms with Crippen molar-refractivity contribution in [1.82, 2.24) is 0 Å². The highest BCUT2D eigenvalue weighted by Gasteiger charge is 2.55. The highest BCUT2D eigenvalue weighted by molar-refractivity contribution is 7.47. The first kappa shape index (κ1) is 60.3. The Kier molecular flexibility index (Phi) is 33.5. The van der Waals surface area contributed by atoms with Gasteiger partial charge in [-0.1, -0.05) is 174 Å². The summed E-state index contributed by atoms with van der Waals surface area (Å²) in [5, 5.41) is 82.9.